The van der Waals surface area contributed by atoms with Crippen molar-refractivity contribution in [2.75, 3.05) is 19.1 Å². The van der Waals surface area contributed by atoms with Crippen molar-refractivity contribution in [2.24, 2.45) is 0 Å². The predicted octanol–water partition coefficient (Wildman–Crippen LogP) is 4.32. The van der Waals surface area contributed by atoms with Gasteiger partial charge in [-0.05, 0) is 31.9 Å². The summed E-state index contributed by atoms with van der Waals surface area (Å²) in [6.45, 7) is 2.06. The van der Waals surface area contributed by atoms with Crippen LogP contribution in [0.5, 0.6) is 5.75 Å². The number of nitrogens with zero attached hydrogens (tertiary/aromatic N) is 2. The zero-order valence-electron chi connectivity index (χ0n) is 13.2. The number of hydrogen-bond donors (Lipinski definition) is 0. The van der Waals surface area contributed by atoms with Gasteiger partial charge in [-0.1, -0.05) is 31.4 Å². The minimum atomic E-state index is 0.648. The van der Waals surface area contributed by atoms with Crippen LogP contribution in [0.2, 0.25) is 0 Å². The summed E-state index contributed by atoms with van der Waals surface area (Å²) in [6, 6.07) is 9.04. The van der Waals surface area contributed by atoms with Crippen LogP contribution in [-0.4, -0.2) is 25.2 Å². The summed E-state index contributed by atoms with van der Waals surface area (Å²) in [5.41, 5.74) is 3.30. The molecule has 3 nitrogen and oxygen atoms in total. The number of pyridine rings is 1. The molecule has 1 aromatic carbocycles. The molecule has 0 atom stereocenters. The molecule has 1 fully saturated rings. The average molecular weight is 284 g/mol. The normalized spacial score (nSPS) is 16.1. The number of rotatable bonds is 3. The Morgan fingerprint density at radius 1 is 1.19 bits per heavy atom. The fraction of sp³-hybridized carbons (Fsp3) is 0.500. The molecule has 3 rings (SSSR count). The van der Waals surface area contributed by atoms with Crippen molar-refractivity contribution in [3.8, 4) is 5.75 Å². The summed E-state index contributed by atoms with van der Waals surface area (Å²) in [4.78, 5) is 7.14. The fourth-order valence-electron chi connectivity index (χ4n) is 3.45. The Bertz CT molecular complexity index is 632. The van der Waals surface area contributed by atoms with Crippen LogP contribution in [0.3, 0.4) is 0 Å². The quantitative estimate of drug-likeness (QED) is 0.839. The molecular weight excluding hydrogens is 260 g/mol. The van der Waals surface area contributed by atoms with Gasteiger partial charge in [-0.2, -0.15) is 0 Å². The maximum atomic E-state index is 5.48. The molecule has 112 valence electrons. The first-order valence-corrected chi connectivity index (χ1v) is 7.88. The number of methoxy groups -OCH3 is 1. The van der Waals surface area contributed by atoms with Crippen LogP contribution in [0.15, 0.2) is 24.3 Å². The lowest BCUT2D eigenvalue weighted by Gasteiger charge is -2.33. The smallest absolute Gasteiger partial charge is 0.145 e. The monoisotopic (exact) mass is 284 g/mol. The van der Waals surface area contributed by atoms with E-state index in [1.54, 1.807) is 7.11 Å². The molecule has 0 radical (unpaired) electrons. The second-order valence-corrected chi connectivity index (χ2v) is 6.04. The Labute approximate surface area is 126 Å². The van der Waals surface area contributed by atoms with Crippen molar-refractivity contribution in [2.45, 2.75) is 45.1 Å². The van der Waals surface area contributed by atoms with E-state index in [2.05, 4.69) is 42.1 Å². The first-order chi connectivity index (χ1) is 10.2. The molecule has 0 amide bonds. The maximum Gasteiger partial charge on any atom is 0.145 e. The molecule has 1 heterocycles. The van der Waals surface area contributed by atoms with Crippen LogP contribution in [0.25, 0.3) is 10.9 Å². The van der Waals surface area contributed by atoms with Gasteiger partial charge in [0.15, 0.2) is 0 Å². The highest BCUT2D eigenvalue weighted by molar-refractivity contribution is 5.95. The minimum absolute atomic E-state index is 0.648. The van der Waals surface area contributed by atoms with Crippen LogP contribution in [-0.2, 0) is 0 Å². The lowest BCUT2D eigenvalue weighted by molar-refractivity contribution is 0.418. The predicted molar refractivity (Wildman–Crippen MR) is 88.3 cm³/mol. The number of benzene rings is 1. The number of para-hydroxylation sites is 1. The first kappa shape index (κ1) is 14.2. The van der Waals surface area contributed by atoms with E-state index in [-0.39, 0.29) is 0 Å². The van der Waals surface area contributed by atoms with Gasteiger partial charge in [0.2, 0.25) is 0 Å². The topological polar surface area (TPSA) is 25.4 Å². The van der Waals surface area contributed by atoms with Crippen LogP contribution in [0, 0.1) is 6.92 Å². The summed E-state index contributed by atoms with van der Waals surface area (Å²) in [5.74, 6) is 0.856. The van der Waals surface area contributed by atoms with E-state index in [1.807, 2.05) is 6.07 Å². The van der Waals surface area contributed by atoms with Crippen molar-refractivity contribution in [3.05, 3.63) is 30.0 Å². The molecule has 2 aromatic rings. The standard InChI is InChI=1S/C18H24N2O/c1-13-12-16(20(2)14-8-5-4-6-9-14)15-10-7-11-17(21-3)18(15)19-13/h7,10-12,14H,4-6,8-9H2,1-3H3. The van der Waals surface area contributed by atoms with E-state index in [4.69, 9.17) is 4.74 Å². The molecule has 0 spiro atoms. The average Bonchev–Trinajstić information content (AvgIpc) is 2.53. The summed E-state index contributed by atoms with van der Waals surface area (Å²) in [7, 11) is 3.94. The van der Waals surface area contributed by atoms with Gasteiger partial charge in [-0.3, -0.25) is 0 Å². The van der Waals surface area contributed by atoms with E-state index in [0.29, 0.717) is 6.04 Å². The second-order valence-electron chi connectivity index (χ2n) is 6.04. The second kappa shape index (κ2) is 5.92. The molecule has 0 unspecified atom stereocenters. The molecule has 1 saturated carbocycles. The lowest BCUT2D eigenvalue weighted by atomic mass is 9.94. The summed E-state index contributed by atoms with van der Waals surface area (Å²) >= 11 is 0. The van der Waals surface area contributed by atoms with Crippen LogP contribution in [0.4, 0.5) is 5.69 Å². The van der Waals surface area contributed by atoms with Crippen molar-refractivity contribution in [1.29, 1.82) is 0 Å². The zero-order chi connectivity index (χ0) is 14.8. The van der Waals surface area contributed by atoms with Crippen molar-refractivity contribution in [3.63, 3.8) is 0 Å². The third kappa shape index (κ3) is 2.69. The van der Waals surface area contributed by atoms with Crippen LogP contribution in [0.1, 0.15) is 37.8 Å². The van der Waals surface area contributed by atoms with Gasteiger partial charge >= 0.3 is 0 Å². The first-order valence-electron chi connectivity index (χ1n) is 7.88. The number of aromatic nitrogens is 1. The van der Waals surface area contributed by atoms with E-state index in [9.17, 15) is 0 Å². The van der Waals surface area contributed by atoms with Gasteiger partial charge in [0.05, 0.1) is 7.11 Å². The highest BCUT2D eigenvalue weighted by atomic mass is 16.5. The summed E-state index contributed by atoms with van der Waals surface area (Å²) in [5, 5.41) is 1.19. The molecule has 1 aliphatic rings. The lowest BCUT2D eigenvalue weighted by Crippen LogP contribution is -2.33. The number of ether oxygens (including phenoxy) is 1. The maximum absolute atomic E-state index is 5.48. The van der Waals surface area contributed by atoms with E-state index < -0.39 is 0 Å². The van der Waals surface area contributed by atoms with Gasteiger partial charge < -0.3 is 9.64 Å². The molecule has 1 aliphatic carbocycles. The molecule has 0 bridgehead atoms. The number of fused-ring (bicyclic) bond motifs is 1. The Kier molecular flexibility index (Phi) is 4.00. The number of hydrogen-bond acceptors (Lipinski definition) is 3. The molecule has 21 heavy (non-hydrogen) atoms. The third-order valence-electron chi connectivity index (χ3n) is 4.63. The Hall–Kier alpha value is -1.77. The largest absolute Gasteiger partial charge is 0.494 e. The molecule has 1 aromatic heterocycles. The minimum Gasteiger partial charge on any atom is -0.494 e. The molecule has 0 saturated heterocycles. The van der Waals surface area contributed by atoms with Crippen LogP contribution >= 0.6 is 0 Å². The Morgan fingerprint density at radius 2 is 1.95 bits per heavy atom. The molecular formula is C18H24N2O. The van der Waals surface area contributed by atoms with Crippen LogP contribution < -0.4 is 9.64 Å². The highest BCUT2D eigenvalue weighted by Gasteiger charge is 2.20. The molecule has 0 N–H and O–H groups in total. The molecule has 0 aliphatic heterocycles. The van der Waals surface area contributed by atoms with Gasteiger partial charge in [0.1, 0.15) is 11.3 Å². The number of anilines is 1. The van der Waals surface area contributed by atoms with E-state index >= 15 is 0 Å². The van der Waals surface area contributed by atoms with E-state index in [1.165, 1.54) is 43.2 Å². The SMILES string of the molecule is COc1cccc2c(N(C)C3CCCCC3)cc(C)nc12. The van der Waals surface area contributed by atoms with Gasteiger partial charge in [-0.25, -0.2) is 4.98 Å². The van der Waals surface area contributed by atoms with Crippen molar-refractivity contribution in [1.82, 2.24) is 4.98 Å². The van der Waals surface area contributed by atoms with Gasteiger partial charge in [0, 0.05) is 29.9 Å². The van der Waals surface area contributed by atoms with Gasteiger partial charge in [-0.15, -0.1) is 0 Å². The molecule has 3 heteroatoms. The summed E-state index contributed by atoms with van der Waals surface area (Å²) in [6.07, 6.45) is 6.67. The van der Waals surface area contributed by atoms with Crippen molar-refractivity contribution < 1.29 is 4.74 Å². The highest BCUT2D eigenvalue weighted by Crippen LogP contribution is 2.34. The number of aryl methyl sites for hydroxylation is 1. The van der Waals surface area contributed by atoms with E-state index in [0.717, 1.165) is 17.0 Å². The van der Waals surface area contributed by atoms with Gasteiger partial charge in [0.25, 0.3) is 0 Å². The van der Waals surface area contributed by atoms with Crippen molar-refractivity contribution >= 4 is 16.6 Å². The Morgan fingerprint density at radius 3 is 2.67 bits per heavy atom. The zero-order valence-corrected chi connectivity index (χ0v) is 13.2. The fourth-order valence-corrected chi connectivity index (χ4v) is 3.45. The Balaban J connectivity index is 2.08. The summed E-state index contributed by atoms with van der Waals surface area (Å²) < 4.78 is 5.48. The third-order valence-corrected chi connectivity index (χ3v) is 4.63.